The van der Waals surface area contributed by atoms with E-state index in [0.717, 1.165) is 39.3 Å². The van der Waals surface area contributed by atoms with Crippen molar-refractivity contribution in [2.75, 3.05) is 26.3 Å². The average Bonchev–Trinajstić information content (AvgIpc) is 2.80. The fourth-order valence-electron chi connectivity index (χ4n) is 1.42. The van der Waals surface area contributed by atoms with E-state index in [1.165, 1.54) is 12.8 Å². The summed E-state index contributed by atoms with van der Waals surface area (Å²) >= 11 is 0. The van der Waals surface area contributed by atoms with Crippen molar-refractivity contribution in [2.24, 2.45) is 0 Å². The van der Waals surface area contributed by atoms with Crippen LogP contribution >= 0.6 is 0 Å². The summed E-state index contributed by atoms with van der Waals surface area (Å²) < 4.78 is 7.55. The van der Waals surface area contributed by atoms with Crippen LogP contribution in [0.15, 0.2) is 18.7 Å². The van der Waals surface area contributed by atoms with E-state index in [4.69, 9.17) is 4.74 Å². The Morgan fingerprint density at radius 1 is 1.25 bits per heavy atom. The van der Waals surface area contributed by atoms with Crippen molar-refractivity contribution in [2.45, 2.75) is 32.7 Å². The van der Waals surface area contributed by atoms with E-state index in [0.29, 0.717) is 0 Å². The smallest absolute Gasteiger partial charge is 0.0945 e. The van der Waals surface area contributed by atoms with Crippen LogP contribution in [-0.2, 0) is 11.3 Å². The van der Waals surface area contributed by atoms with Gasteiger partial charge in [0.05, 0.1) is 12.9 Å². The second kappa shape index (κ2) is 9.36. The number of ether oxygens (including phenoxy) is 1. The molecule has 0 aromatic carbocycles. The van der Waals surface area contributed by atoms with Crippen LogP contribution in [0.4, 0.5) is 0 Å². The van der Waals surface area contributed by atoms with Crippen LogP contribution in [0.5, 0.6) is 0 Å². The van der Waals surface area contributed by atoms with E-state index < -0.39 is 0 Å². The Morgan fingerprint density at radius 2 is 2.19 bits per heavy atom. The Bertz CT molecular complexity index is 236. The van der Waals surface area contributed by atoms with Crippen LogP contribution in [0.25, 0.3) is 0 Å². The SMILES string of the molecule is CCCCOCCNCCCn1ccnc1. The van der Waals surface area contributed by atoms with Crippen LogP contribution < -0.4 is 5.32 Å². The maximum Gasteiger partial charge on any atom is 0.0945 e. The molecule has 0 amide bonds. The van der Waals surface area contributed by atoms with Crippen LogP contribution in [-0.4, -0.2) is 35.9 Å². The van der Waals surface area contributed by atoms with Crippen molar-refractivity contribution >= 4 is 0 Å². The molecule has 0 aliphatic carbocycles. The lowest BCUT2D eigenvalue weighted by Crippen LogP contribution is -2.22. The van der Waals surface area contributed by atoms with Gasteiger partial charge in [-0.1, -0.05) is 13.3 Å². The molecule has 0 atom stereocenters. The highest BCUT2D eigenvalue weighted by molar-refractivity contribution is 4.73. The van der Waals surface area contributed by atoms with Crippen LogP contribution in [0.3, 0.4) is 0 Å². The number of aromatic nitrogens is 2. The number of unbranched alkanes of at least 4 members (excludes halogenated alkanes) is 1. The Labute approximate surface area is 98.0 Å². The van der Waals surface area contributed by atoms with Crippen molar-refractivity contribution in [3.05, 3.63) is 18.7 Å². The van der Waals surface area contributed by atoms with Gasteiger partial charge in [-0.25, -0.2) is 4.98 Å². The predicted octanol–water partition coefficient (Wildman–Crippen LogP) is 1.68. The highest BCUT2D eigenvalue weighted by Gasteiger charge is 1.91. The minimum atomic E-state index is 0.824. The first kappa shape index (κ1) is 13.2. The number of hydrogen-bond donors (Lipinski definition) is 1. The lowest BCUT2D eigenvalue weighted by Gasteiger charge is -2.06. The van der Waals surface area contributed by atoms with Gasteiger partial charge < -0.3 is 14.6 Å². The molecule has 0 saturated carbocycles. The van der Waals surface area contributed by atoms with Crippen molar-refractivity contribution in [1.29, 1.82) is 0 Å². The van der Waals surface area contributed by atoms with Gasteiger partial charge in [0.25, 0.3) is 0 Å². The molecule has 1 N–H and O–H groups in total. The van der Waals surface area contributed by atoms with E-state index in [-0.39, 0.29) is 0 Å². The predicted molar refractivity (Wildman–Crippen MR) is 65.4 cm³/mol. The topological polar surface area (TPSA) is 39.1 Å². The third-order valence-corrected chi connectivity index (χ3v) is 2.39. The molecular formula is C12H23N3O. The summed E-state index contributed by atoms with van der Waals surface area (Å²) in [5.74, 6) is 0. The van der Waals surface area contributed by atoms with E-state index >= 15 is 0 Å². The van der Waals surface area contributed by atoms with E-state index in [2.05, 4.69) is 21.8 Å². The lowest BCUT2D eigenvalue weighted by atomic mass is 10.4. The Kier molecular flexibility index (Phi) is 7.72. The first-order valence-corrected chi connectivity index (χ1v) is 6.17. The molecule has 1 rings (SSSR count). The maximum absolute atomic E-state index is 5.45. The van der Waals surface area contributed by atoms with E-state index in [1.807, 2.05) is 18.7 Å². The van der Waals surface area contributed by atoms with Gasteiger partial charge in [0.1, 0.15) is 0 Å². The van der Waals surface area contributed by atoms with Gasteiger partial charge >= 0.3 is 0 Å². The Morgan fingerprint density at radius 3 is 2.94 bits per heavy atom. The summed E-state index contributed by atoms with van der Waals surface area (Å²) in [5, 5.41) is 3.37. The summed E-state index contributed by atoms with van der Waals surface area (Å²) in [6.45, 7) is 6.92. The van der Waals surface area contributed by atoms with Gasteiger partial charge in [0.2, 0.25) is 0 Å². The summed E-state index contributed by atoms with van der Waals surface area (Å²) in [6.07, 6.45) is 9.17. The monoisotopic (exact) mass is 225 g/mol. The molecule has 16 heavy (non-hydrogen) atoms. The van der Waals surface area contributed by atoms with Gasteiger partial charge in [-0.3, -0.25) is 0 Å². The van der Waals surface area contributed by atoms with Gasteiger partial charge in [-0.2, -0.15) is 0 Å². The highest BCUT2D eigenvalue weighted by Crippen LogP contribution is 1.89. The third kappa shape index (κ3) is 6.58. The molecule has 0 aliphatic rings. The number of nitrogens with zero attached hydrogens (tertiary/aromatic N) is 2. The number of rotatable bonds is 10. The van der Waals surface area contributed by atoms with Gasteiger partial charge in [0, 0.05) is 32.1 Å². The van der Waals surface area contributed by atoms with Crippen molar-refractivity contribution in [3.63, 3.8) is 0 Å². The molecule has 0 spiro atoms. The molecule has 0 saturated heterocycles. The van der Waals surface area contributed by atoms with E-state index in [1.54, 1.807) is 0 Å². The molecule has 0 fully saturated rings. The number of nitrogens with one attached hydrogen (secondary N) is 1. The zero-order valence-corrected chi connectivity index (χ0v) is 10.2. The molecule has 0 aliphatic heterocycles. The molecule has 1 heterocycles. The van der Waals surface area contributed by atoms with Crippen molar-refractivity contribution < 1.29 is 4.74 Å². The van der Waals surface area contributed by atoms with Gasteiger partial charge in [-0.15, -0.1) is 0 Å². The zero-order valence-electron chi connectivity index (χ0n) is 10.2. The fourth-order valence-corrected chi connectivity index (χ4v) is 1.42. The second-order valence-corrected chi connectivity index (χ2v) is 3.87. The Balaban J connectivity index is 1.78. The van der Waals surface area contributed by atoms with Crippen molar-refractivity contribution in [1.82, 2.24) is 14.9 Å². The largest absolute Gasteiger partial charge is 0.380 e. The lowest BCUT2D eigenvalue weighted by molar-refractivity contribution is 0.133. The summed E-state index contributed by atoms with van der Waals surface area (Å²) in [4.78, 5) is 4.00. The van der Waals surface area contributed by atoms with Gasteiger partial charge in [0.15, 0.2) is 0 Å². The molecule has 0 bridgehead atoms. The first-order chi connectivity index (χ1) is 7.93. The van der Waals surface area contributed by atoms with Gasteiger partial charge in [-0.05, 0) is 19.4 Å². The molecule has 1 aromatic heterocycles. The molecular weight excluding hydrogens is 202 g/mol. The number of imidazole rings is 1. The van der Waals surface area contributed by atoms with Crippen LogP contribution in [0, 0.1) is 0 Å². The third-order valence-electron chi connectivity index (χ3n) is 2.39. The molecule has 0 radical (unpaired) electrons. The maximum atomic E-state index is 5.45. The second-order valence-electron chi connectivity index (χ2n) is 3.87. The summed E-state index contributed by atoms with van der Waals surface area (Å²) in [7, 11) is 0. The first-order valence-electron chi connectivity index (χ1n) is 6.17. The molecule has 1 aromatic rings. The fraction of sp³-hybridized carbons (Fsp3) is 0.750. The molecule has 4 heteroatoms. The average molecular weight is 225 g/mol. The molecule has 4 nitrogen and oxygen atoms in total. The Hall–Kier alpha value is -0.870. The summed E-state index contributed by atoms with van der Waals surface area (Å²) in [6, 6.07) is 0. The molecule has 0 unspecified atom stereocenters. The van der Waals surface area contributed by atoms with Crippen molar-refractivity contribution in [3.8, 4) is 0 Å². The standard InChI is InChI=1S/C12H23N3O/c1-2-3-10-16-11-7-13-5-4-8-15-9-6-14-12-15/h6,9,12-13H,2-5,7-8,10-11H2,1H3. The summed E-state index contributed by atoms with van der Waals surface area (Å²) in [5.41, 5.74) is 0. The quantitative estimate of drug-likeness (QED) is 0.616. The van der Waals surface area contributed by atoms with Crippen LogP contribution in [0.2, 0.25) is 0 Å². The molecule has 92 valence electrons. The minimum absolute atomic E-state index is 0.824. The number of aryl methyl sites for hydroxylation is 1. The zero-order chi connectivity index (χ0) is 11.5. The number of hydrogen-bond acceptors (Lipinski definition) is 3. The highest BCUT2D eigenvalue weighted by atomic mass is 16.5. The van der Waals surface area contributed by atoms with E-state index in [9.17, 15) is 0 Å². The normalized spacial score (nSPS) is 10.8. The minimum Gasteiger partial charge on any atom is -0.380 e. The van der Waals surface area contributed by atoms with Crippen LogP contribution in [0.1, 0.15) is 26.2 Å².